The average molecular weight is 236 g/mol. The van der Waals surface area contributed by atoms with Crippen molar-refractivity contribution in [1.29, 1.82) is 0 Å². The summed E-state index contributed by atoms with van der Waals surface area (Å²) in [4.78, 5) is 13.9. The summed E-state index contributed by atoms with van der Waals surface area (Å²) in [5, 5.41) is 0. The van der Waals surface area contributed by atoms with Gasteiger partial charge in [-0.25, -0.2) is 0 Å². The first-order valence-corrected chi connectivity index (χ1v) is 6.32. The zero-order valence-corrected chi connectivity index (χ0v) is 10.3. The number of carbonyl (C=O) groups excluding carboxylic acids is 1. The molecule has 3 heterocycles. The van der Waals surface area contributed by atoms with Crippen LogP contribution in [0, 0.1) is 5.95 Å². The first-order chi connectivity index (χ1) is 8.11. The summed E-state index contributed by atoms with van der Waals surface area (Å²) in [6, 6.07) is 0.138. The molecule has 0 spiro atoms. The van der Waals surface area contributed by atoms with Gasteiger partial charge in [-0.3, -0.25) is 4.79 Å². The number of hydrogen-bond donors (Lipinski definition) is 0. The molecule has 4 heteroatoms. The number of hydrogen-bond acceptors (Lipinski definition) is 1. The van der Waals surface area contributed by atoms with Crippen molar-refractivity contribution in [1.82, 2.24) is 9.47 Å². The Hall–Kier alpha value is -1.32. The summed E-state index contributed by atoms with van der Waals surface area (Å²) in [5.74, 6) is -0.433. The first-order valence-electron chi connectivity index (χ1n) is 6.32. The number of carbonyl (C=O) groups is 1. The van der Waals surface area contributed by atoms with Crippen LogP contribution in [-0.4, -0.2) is 21.4 Å². The Bertz CT molecular complexity index is 490. The average Bonchev–Trinajstić information content (AvgIpc) is 2.78. The first kappa shape index (κ1) is 10.8. The van der Waals surface area contributed by atoms with E-state index in [-0.39, 0.29) is 17.9 Å². The molecule has 92 valence electrons. The number of halogens is 1. The molecular weight excluding hydrogens is 219 g/mol. The van der Waals surface area contributed by atoms with Crippen LogP contribution in [0.1, 0.15) is 48.3 Å². The molecule has 0 bridgehead atoms. The lowest BCUT2D eigenvalue weighted by Gasteiger charge is -2.23. The molecule has 1 aromatic rings. The van der Waals surface area contributed by atoms with Gasteiger partial charge in [-0.15, -0.1) is 0 Å². The summed E-state index contributed by atoms with van der Waals surface area (Å²) in [6.45, 7) is 5.26. The third-order valence-electron chi connectivity index (χ3n) is 3.89. The molecule has 2 aliphatic heterocycles. The summed E-state index contributed by atoms with van der Waals surface area (Å²) < 4.78 is 15.9. The Kier molecular flexibility index (Phi) is 2.28. The molecule has 0 N–H and O–H groups in total. The molecule has 0 aliphatic carbocycles. The maximum absolute atomic E-state index is 14.2. The number of fused-ring (bicyclic) bond motifs is 3. The highest BCUT2D eigenvalue weighted by Gasteiger charge is 2.38. The standard InChI is InChI=1S/C13H17FN2O/c1-8(2)16-7-9-10-5-3-4-6-15(10)12(14)11(9)13(16)17/h8H,3-7H2,1-2H3. The van der Waals surface area contributed by atoms with E-state index in [1.54, 1.807) is 9.47 Å². The highest BCUT2D eigenvalue weighted by Crippen LogP contribution is 2.34. The van der Waals surface area contributed by atoms with E-state index in [2.05, 4.69) is 0 Å². The number of amides is 1. The van der Waals surface area contributed by atoms with Gasteiger partial charge in [0, 0.05) is 30.4 Å². The molecule has 17 heavy (non-hydrogen) atoms. The second-order valence-electron chi connectivity index (χ2n) is 5.23. The van der Waals surface area contributed by atoms with E-state index in [4.69, 9.17) is 0 Å². The maximum Gasteiger partial charge on any atom is 0.259 e. The van der Waals surface area contributed by atoms with Gasteiger partial charge in [0.15, 0.2) is 0 Å². The van der Waals surface area contributed by atoms with E-state index < -0.39 is 0 Å². The van der Waals surface area contributed by atoms with Crippen molar-refractivity contribution >= 4 is 5.91 Å². The van der Waals surface area contributed by atoms with E-state index in [0.29, 0.717) is 12.1 Å². The van der Waals surface area contributed by atoms with Crippen LogP contribution in [0.15, 0.2) is 0 Å². The van der Waals surface area contributed by atoms with Gasteiger partial charge in [0.2, 0.25) is 5.95 Å². The predicted molar refractivity (Wildman–Crippen MR) is 62.3 cm³/mol. The fourth-order valence-corrected chi connectivity index (χ4v) is 2.96. The van der Waals surface area contributed by atoms with E-state index in [0.717, 1.165) is 37.1 Å². The molecule has 3 nitrogen and oxygen atoms in total. The monoisotopic (exact) mass is 236 g/mol. The smallest absolute Gasteiger partial charge is 0.259 e. The Morgan fingerprint density at radius 2 is 2.06 bits per heavy atom. The van der Waals surface area contributed by atoms with Gasteiger partial charge < -0.3 is 9.47 Å². The van der Waals surface area contributed by atoms with Crippen molar-refractivity contribution in [2.24, 2.45) is 0 Å². The highest BCUT2D eigenvalue weighted by molar-refractivity contribution is 5.99. The fourth-order valence-electron chi connectivity index (χ4n) is 2.96. The Morgan fingerprint density at radius 3 is 2.76 bits per heavy atom. The van der Waals surface area contributed by atoms with Crippen molar-refractivity contribution in [2.75, 3.05) is 0 Å². The van der Waals surface area contributed by atoms with Crippen molar-refractivity contribution in [3.8, 4) is 0 Å². The second-order valence-corrected chi connectivity index (χ2v) is 5.23. The van der Waals surface area contributed by atoms with Gasteiger partial charge in [-0.1, -0.05) is 0 Å². The van der Waals surface area contributed by atoms with Crippen LogP contribution in [0.4, 0.5) is 4.39 Å². The van der Waals surface area contributed by atoms with Gasteiger partial charge in [-0.2, -0.15) is 4.39 Å². The van der Waals surface area contributed by atoms with Crippen LogP contribution in [0.2, 0.25) is 0 Å². The molecule has 3 rings (SSSR count). The minimum absolute atomic E-state index is 0.130. The largest absolute Gasteiger partial charge is 0.332 e. The normalized spacial score (nSPS) is 18.8. The minimum atomic E-state index is -0.303. The van der Waals surface area contributed by atoms with Crippen LogP contribution >= 0.6 is 0 Å². The van der Waals surface area contributed by atoms with Crippen LogP contribution < -0.4 is 0 Å². The Labute approximate surface area is 100 Å². The lowest BCUT2D eigenvalue weighted by molar-refractivity contribution is 0.0723. The molecular formula is C13H17FN2O. The van der Waals surface area contributed by atoms with Gasteiger partial charge in [0.05, 0.1) is 5.56 Å². The molecule has 1 aromatic heterocycles. The molecule has 0 atom stereocenters. The molecule has 1 amide bonds. The lowest BCUT2D eigenvalue weighted by Crippen LogP contribution is -2.32. The molecule has 0 saturated heterocycles. The van der Waals surface area contributed by atoms with Crippen LogP contribution in [0.25, 0.3) is 0 Å². The second kappa shape index (κ2) is 3.59. The highest BCUT2D eigenvalue weighted by atomic mass is 19.1. The maximum atomic E-state index is 14.2. The van der Waals surface area contributed by atoms with E-state index in [1.165, 1.54) is 0 Å². The van der Waals surface area contributed by atoms with E-state index in [1.807, 2.05) is 13.8 Å². The third-order valence-corrected chi connectivity index (χ3v) is 3.89. The van der Waals surface area contributed by atoms with E-state index >= 15 is 0 Å². The number of aromatic nitrogens is 1. The molecule has 0 fully saturated rings. The zero-order chi connectivity index (χ0) is 12.2. The minimum Gasteiger partial charge on any atom is -0.332 e. The van der Waals surface area contributed by atoms with Crippen molar-refractivity contribution in [3.63, 3.8) is 0 Å². The van der Waals surface area contributed by atoms with Gasteiger partial charge >= 0.3 is 0 Å². The summed E-state index contributed by atoms with van der Waals surface area (Å²) >= 11 is 0. The SMILES string of the molecule is CC(C)N1Cc2c(c(F)n3c2CCCC3)C1=O. The summed E-state index contributed by atoms with van der Waals surface area (Å²) in [7, 11) is 0. The molecule has 2 aliphatic rings. The van der Waals surface area contributed by atoms with Gasteiger partial charge in [0.25, 0.3) is 5.91 Å². The Balaban J connectivity index is 2.11. The van der Waals surface area contributed by atoms with Gasteiger partial charge in [0.1, 0.15) is 0 Å². The van der Waals surface area contributed by atoms with Crippen LogP contribution in [0.5, 0.6) is 0 Å². The fraction of sp³-hybridized carbons (Fsp3) is 0.615. The molecule has 0 unspecified atom stereocenters. The topological polar surface area (TPSA) is 25.2 Å². The quantitative estimate of drug-likeness (QED) is 0.734. The van der Waals surface area contributed by atoms with Gasteiger partial charge in [-0.05, 0) is 33.1 Å². The zero-order valence-electron chi connectivity index (χ0n) is 10.3. The lowest BCUT2D eigenvalue weighted by atomic mass is 10.1. The van der Waals surface area contributed by atoms with E-state index in [9.17, 15) is 9.18 Å². The predicted octanol–water partition coefficient (Wildman–Crippen LogP) is 2.33. The number of rotatable bonds is 1. The van der Waals surface area contributed by atoms with Crippen molar-refractivity contribution in [2.45, 2.75) is 52.2 Å². The molecule has 0 saturated carbocycles. The molecule has 0 aromatic carbocycles. The molecule has 0 radical (unpaired) electrons. The number of nitrogens with zero attached hydrogens (tertiary/aromatic N) is 2. The van der Waals surface area contributed by atoms with Crippen molar-refractivity contribution < 1.29 is 9.18 Å². The Morgan fingerprint density at radius 1 is 1.29 bits per heavy atom. The van der Waals surface area contributed by atoms with Crippen LogP contribution in [0.3, 0.4) is 0 Å². The van der Waals surface area contributed by atoms with Crippen molar-refractivity contribution in [3.05, 3.63) is 22.8 Å². The summed E-state index contributed by atoms with van der Waals surface area (Å²) in [5.41, 5.74) is 2.34. The summed E-state index contributed by atoms with van der Waals surface area (Å²) in [6.07, 6.45) is 3.02. The third kappa shape index (κ3) is 1.36. The van der Waals surface area contributed by atoms with Crippen LogP contribution in [-0.2, 0) is 19.5 Å².